The topological polar surface area (TPSA) is 77.8 Å². The highest BCUT2D eigenvalue weighted by atomic mass is 16.4. The van der Waals surface area contributed by atoms with Gasteiger partial charge in [-0.15, -0.1) is 5.10 Å². The normalized spacial score (nSPS) is 15.5. The molecule has 0 amide bonds. The highest BCUT2D eigenvalue weighted by Crippen LogP contribution is 2.39. The summed E-state index contributed by atoms with van der Waals surface area (Å²) in [5.74, 6) is 1.08. The fraction of sp³-hybridized carbons (Fsp3) is 0.300. The van der Waals surface area contributed by atoms with E-state index in [2.05, 4.69) is 15.2 Å². The summed E-state index contributed by atoms with van der Waals surface area (Å²) >= 11 is 0. The van der Waals surface area contributed by atoms with E-state index in [-0.39, 0.29) is 6.01 Å². The van der Waals surface area contributed by atoms with E-state index in [0.29, 0.717) is 11.8 Å². The molecule has 76 valence electrons. The first-order chi connectivity index (χ1) is 7.33. The van der Waals surface area contributed by atoms with E-state index in [0.717, 1.165) is 11.3 Å². The Kier molecular flexibility index (Phi) is 1.71. The lowest BCUT2D eigenvalue weighted by Crippen LogP contribution is -1.86. The van der Waals surface area contributed by atoms with Crippen LogP contribution in [0.3, 0.4) is 0 Å². The molecule has 1 fully saturated rings. The zero-order valence-electron chi connectivity index (χ0n) is 8.05. The van der Waals surface area contributed by atoms with Gasteiger partial charge in [-0.25, -0.2) is 0 Å². The van der Waals surface area contributed by atoms with Crippen molar-refractivity contribution < 1.29 is 4.42 Å². The number of anilines is 1. The minimum Gasteiger partial charge on any atom is -0.403 e. The van der Waals surface area contributed by atoms with E-state index in [9.17, 15) is 0 Å². The molecule has 1 aliphatic carbocycles. The Bertz CT molecular complexity index is 472. The molecule has 2 N–H and O–H groups in total. The van der Waals surface area contributed by atoms with Crippen molar-refractivity contribution in [2.24, 2.45) is 0 Å². The first kappa shape index (κ1) is 8.40. The molecule has 0 aliphatic heterocycles. The van der Waals surface area contributed by atoms with Crippen LogP contribution in [-0.4, -0.2) is 15.2 Å². The van der Waals surface area contributed by atoms with Crippen molar-refractivity contribution in [3.63, 3.8) is 0 Å². The van der Waals surface area contributed by atoms with Crippen molar-refractivity contribution in [3.8, 4) is 11.5 Å². The number of hydrogen-bond donors (Lipinski definition) is 1. The fourth-order valence-electron chi connectivity index (χ4n) is 1.50. The molecule has 0 atom stereocenters. The van der Waals surface area contributed by atoms with Crippen LogP contribution in [0, 0.1) is 0 Å². The molecule has 2 aromatic heterocycles. The maximum absolute atomic E-state index is 5.34. The lowest BCUT2D eigenvalue weighted by molar-refractivity contribution is 0.590. The lowest BCUT2D eigenvalue weighted by Gasteiger charge is -1.97. The molecule has 0 spiro atoms. The van der Waals surface area contributed by atoms with Gasteiger partial charge in [-0.3, -0.25) is 4.98 Å². The van der Waals surface area contributed by atoms with Crippen molar-refractivity contribution in [2.45, 2.75) is 18.8 Å². The quantitative estimate of drug-likeness (QED) is 0.800. The van der Waals surface area contributed by atoms with Crippen LogP contribution >= 0.6 is 0 Å². The molecular weight excluding hydrogens is 192 g/mol. The number of pyridine rings is 1. The molecule has 2 heterocycles. The second-order valence-corrected chi connectivity index (χ2v) is 3.69. The molecule has 15 heavy (non-hydrogen) atoms. The second kappa shape index (κ2) is 3.05. The van der Waals surface area contributed by atoms with Crippen LogP contribution in [0.15, 0.2) is 22.7 Å². The summed E-state index contributed by atoms with van der Waals surface area (Å²) in [6.45, 7) is 0. The third-order valence-electron chi connectivity index (χ3n) is 2.47. The third-order valence-corrected chi connectivity index (χ3v) is 2.47. The van der Waals surface area contributed by atoms with Crippen LogP contribution in [0.1, 0.15) is 24.5 Å². The van der Waals surface area contributed by atoms with Crippen molar-refractivity contribution in [1.82, 2.24) is 15.2 Å². The summed E-state index contributed by atoms with van der Waals surface area (Å²) in [4.78, 5) is 4.36. The monoisotopic (exact) mass is 202 g/mol. The van der Waals surface area contributed by atoms with Crippen LogP contribution in [-0.2, 0) is 0 Å². The van der Waals surface area contributed by atoms with Gasteiger partial charge in [0.2, 0.25) is 0 Å². The molecule has 2 aromatic rings. The van der Waals surface area contributed by atoms with E-state index >= 15 is 0 Å². The molecule has 5 nitrogen and oxygen atoms in total. The van der Waals surface area contributed by atoms with Crippen LogP contribution in [0.4, 0.5) is 6.01 Å². The maximum atomic E-state index is 5.34. The third kappa shape index (κ3) is 1.56. The molecule has 0 unspecified atom stereocenters. The molecule has 3 rings (SSSR count). The molecule has 0 bridgehead atoms. The summed E-state index contributed by atoms with van der Waals surface area (Å²) in [6, 6.07) is 4.03. The molecular formula is C10H10N4O. The standard InChI is InChI=1S/C10H10N4O/c11-10-14-13-9(15-10)7-3-4-8(12-5-7)6-1-2-6/h3-6H,1-2H2,(H2,11,14). The van der Waals surface area contributed by atoms with Crippen LogP contribution in [0.2, 0.25) is 0 Å². The Balaban J connectivity index is 1.92. The van der Waals surface area contributed by atoms with E-state index in [4.69, 9.17) is 10.2 Å². The average Bonchev–Trinajstić information content (AvgIpc) is 3.02. The summed E-state index contributed by atoms with van der Waals surface area (Å²) in [6.07, 6.45) is 4.25. The van der Waals surface area contributed by atoms with Crippen LogP contribution < -0.4 is 5.73 Å². The van der Waals surface area contributed by atoms with E-state index in [1.54, 1.807) is 6.20 Å². The highest BCUT2D eigenvalue weighted by Gasteiger charge is 2.24. The average molecular weight is 202 g/mol. The smallest absolute Gasteiger partial charge is 0.313 e. The summed E-state index contributed by atoms with van der Waals surface area (Å²) in [5.41, 5.74) is 7.30. The molecule has 5 heteroatoms. The fourth-order valence-corrected chi connectivity index (χ4v) is 1.50. The number of rotatable bonds is 2. The molecule has 1 aliphatic rings. The van der Waals surface area contributed by atoms with Crippen molar-refractivity contribution in [1.29, 1.82) is 0 Å². The van der Waals surface area contributed by atoms with E-state index in [1.807, 2.05) is 12.1 Å². The Hall–Kier alpha value is -1.91. The number of nitrogen functional groups attached to an aromatic ring is 1. The SMILES string of the molecule is Nc1nnc(-c2ccc(C3CC3)nc2)o1. The zero-order chi connectivity index (χ0) is 10.3. The minimum atomic E-state index is 0.0799. The zero-order valence-corrected chi connectivity index (χ0v) is 8.05. The summed E-state index contributed by atoms with van der Waals surface area (Å²) in [7, 11) is 0. The molecule has 0 aromatic carbocycles. The molecule has 0 saturated heterocycles. The van der Waals surface area contributed by atoms with Crippen molar-refractivity contribution in [3.05, 3.63) is 24.0 Å². The highest BCUT2D eigenvalue weighted by molar-refractivity contribution is 5.51. The van der Waals surface area contributed by atoms with Gasteiger partial charge in [0, 0.05) is 17.8 Å². The summed E-state index contributed by atoms with van der Waals surface area (Å²) < 4.78 is 5.10. The summed E-state index contributed by atoms with van der Waals surface area (Å²) in [5, 5.41) is 7.39. The van der Waals surface area contributed by atoms with Gasteiger partial charge in [0.15, 0.2) is 0 Å². The van der Waals surface area contributed by atoms with Gasteiger partial charge in [0.05, 0.1) is 5.56 Å². The van der Waals surface area contributed by atoms with Gasteiger partial charge in [0.1, 0.15) is 0 Å². The van der Waals surface area contributed by atoms with E-state index < -0.39 is 0 Å². The Labute approximate surface area is 86.3 Å². The number of nitrogens with two attached hydrogens (primary N) is 1. The predicted molar refractivity (Wildman–Crippen MR) is 53.9 cm³/mol. The van der Waals surface area contributed by atoms with Crippen molar-refractivity contribution in [2.75, 3.05) is 5.73 Å². The Morgan fingerprint density at radius 1 is 1.27 bits per heavy atom. The Morgan fingerprint density at radius 2 is 2.13 bits per heavy atom. The van der Waals surface area contributed by atoms with Gasteiger partial charge in [-0.2, -0.15) is 0 Å². The first-order valence-electron chi connectivity index (χ1n) is 4.88. The molecule has 0 radical (unpaired) electrons. The van der Waals surface area contributed by atoms with Gasteiger partial charge >= 0.3 is 6.01 Å². The van der Waals surface area contributed by atoms with Gasteiger partial charge in [-0.05, 0) is 25.0 Å². The first-order valence-corrected chi connectivity index (χ1v) is 4.88. The van der Waals surface area contributed by atoms with Crippen LogP contribution in [0.25, 0.3) is 11.5 Å². The van der Waals surface area contributed by atoms with E-state index in [1.165, 1.54) is 12.8 Å². The molecule has 1 saturated carbocycles. The number of nitrogens with zero attached hydrogens (tertiary/aromatic N) is 3. The maximum Gasteiger partial charge on any atom is 0.313 e. The van der Waals surface area contributed by atoms with Gasteiger partial charge in [-0.1, -0.05) is 5.10 Å². The largest absolute Gasteiger partial charge is 0.403 e. The number of hydrogen-bond acceptors (Lipinski definition) is 5. The number of aromatic nitrogens is 3. The van der Waals surface area contributed by atoms with Crippen molar-refractivity contribution >= 4 is 6.01 Å². The minimum absolute atomic E-state index is 0.0799. The predicted octanol–water partition coefficient (Wildman–Crippen LogP) is 1.59. The van der Waals surface area contributed by atoms with Gasteiger partial charge in [0.25, 0.3) is 5.89 Å². The van der Waals surface area contributed by atoms with Gasteiger partial charge < -0.3 is 10.2 Å². The van der Waals surface area contributed by atoms with Crippen LogP contribution in [0.5, 0.6) is 0 Å². The Morgan fingerprint density at radius 3 is 2.67 bits per heavy atom. The second-order valence-electron chi connectivity index (χ2n) is 3.69. The lowest BCUT2D eigenvalue weighted by atomic mass is 10.2.